The summed E-state index contributed by atoms with van der Waals surface area (Å²) in [6.45, 7) is 9.91. The minimum atomic E-state index is -0.320. The zero-order chi connectivity index (χ0) is 13.6. The Morgan fingerprint density at radius 1 is 1.00 bits per heavy atom. The highest BCUT2D eigenvalue weighted by molar-refractivity contribution is 5.87. The van der Waals surface area contributed by atoms with Crippen molar-refractivity contribution in [2.45, 2.75) is 47.5 Å². The average molecular weight is 242 g/mol. The van der Waals surface area contributed by atoms with Crippen LogP contribution >= 0.6 is 0 Å². The van der Waals surface area contributed by atoms with Gasteiger partial charge in [0.05, 0.1) is 13.0 Å². The van der Waals surface area contributed by atoms with Gasteiger partial charge in [0, 0.05) is 12.3 Å². The number of methoxy groups -OCH3 is 1. The number of hydrogen-bond acceptors (Lipinski definition) is 3. The van der Waals surface area contributed by atoms with E-state index in [1.807, 2.05) is 34.6 Å². The molecule has 0 radical (unpaired) electrons. The first-order valence-electron chi connectivity index (χ1n) is 6.47. The number of hydrogen-bond donors (Lipinski definition) is 0. The van der Waals surface area contributed by atoms with Crippen molar-refractivity contribution in [3.63, 3.8) is 0 Å². The van der Waals surface area contributed by atoms with Crippen LogP contribution < -0.4 is 0 Å². The monoisotopic (exact) mass is 242 g/mol. The molecule has 3 heteroatoms. The Bertz CT molecular complexity index is 256. The van der Waals surface area contributed by atoms with E-state index >= 15 is 0 Å². The summed E-state index contributed by atoms with van der Waals surface area (Å²) in [5.41, 5.74) is 0. The highest BCUT2D eigenvalue weighted by Crippen LogP contribution is 2.30. The van der Waals surface area contributed by atoms with Crippen LogP contribution in [-0.2, 0) is 14.3 Å². The molecule has 0 aliphatic heterocycles. The third-order valence-corrected chi connectivity index (χ3v) is 3.16. The highest BCUT2D eigenvalue weighted by atomic mass is 16.5. The van der Waals surface area contributed by atoms with Crippen LogP contribution in [0.4, 0.5) is 0 Å². The quantitative estimate of drug-likeness (QED) is 0.644. The molecule has 0 spiro atoms. The topological polar surface area (TPSA) is 43.4 Å². The summed E-state index contributed by atoms with van der Waals surface area (Å²) < 4.78 is 4.84. The summed E-state index contributed by atoms with van der Waals surface area (Å²) in [6, 6.07) is 0. The molecule has 0 bridgehead atoms. The number of esters is 1. The van der Waals surface area contributed by atoms with Crippen LogP contribution in [0, 0.1) is 23.7 Å². The fourth-order valence-corrected chi connectivity index (χ4v) is 2.37. The van der Waals surface area contributed by atoms with Gasteiger partial charge in [0.2, 0.25) is 0 Å². The molecule has 0 heterocycles. The minimum Gasteiger partial charge on any atom is -0.469 e. The van der Waals surface area contributed by atoms with Gasteiger partial charge >= 0.3 is 5.97 Å². The van der Waals surface area contributed by atoms with Crippen molar-refractivity contribution in [2.75, 3.05) is 7.11 Å². The maximum absolute atomic E-state index is 12.1. The van der Waals surface area contributed by atoms with E-state index in [0.717, 1.165) is 6.42 Å². The molecule has 0 amide bonds. The Kier molecular flexibility index (Phi) is 7.09. The minimum absolute atomic E-state index is 0.121. The number of rotatable bonds is 7. The van der Waals surface area contributed by atoms with Crippen LogP contribution in [0.15, 0.2) is 0 Å². The van der Waals surface area contributed by atoms with Gasteiger partial charge in [0.1, 0.15) is 5.78 Å². The first kappa shape index (κ1) is 16.1. The highest BCUT2D eigenvalue weighted by Gasteiger charge is 2.37. The molecule has 0 aromatic heterocycles. The van der Waals surface area contributed by atoms with Crippen LogP contribution in [0.3, 0.4) is 0 Å². The summed E-state index contributed by atoms with van der Waals surface area (Å²) in [4.78, 5) is 24.0. The van der Waals surface area contributed by atoms with E-state index in [-0.39, 0.29) is 35.4 Å². The van der Waals surface area contributed by atoms with Crippen molar-refractivity contribution in [3.05, 3.63) is 0 Å². The molecule has 2 atom stereocenters. The molecule has 100 valence electrons. The summed E-state index contributed by atoms with van der Waals surface area (Å²) in [6.07, 6.45) is 1.37. The molecule has 0 aromatic rings. The number of carbonyl (C=O) groups excluding carboxylic acids is 2. The SMILES string of the molecule is CCCC(=O)C(C(C)C)C(C(=O)OC)C(C)C. The van der Waals surface area contributed by atoms with Gasteiger partial charge in [-0.25, -0.2) is 0 Å². The molecule has 0 rings (SSSR count). The number of ether oxygens (including phenoxy) is 1. The third kappa shape index (κ3) is 4.49. The summed E-state index contributed by atoms with van der Waals surface area (Å²) >= 11 is 0. The molecule has 0 aliphatic carbocycles. The van der Waals surface area contributed by atoms with Gasteiger partial charge in [-0.1, -0.05) is 34.6 Å². The number of ketones is 1. The van der Waals surface area contributed by atoms with E-state index in [1.54, 1.807) is 0 Å². The smallest absolute Gasteiger partial charge is 0.309 e. The van der Waals surface area contributed by atoms with Crippen LogP contribution in [-0.4, -0.2) is 18.9 Å². The third-order valence-electron chi connectivity index (χ3n) is 3.16. The Morgan fingerprint density at radius 3 is 1.76 bits per heavy atom. The Labute approximate surface area is 105 Å². The average Bonchev–Trinajstić information content (AvgIpc) is 2.23. The second-order valence-electron chi connectivity index (χ2n) is 5.28. The maximum atomic E-state index is 12.1. The van der Waals surface area contributed by atoms with Crippen molar-refractivity contribution >= 4 is 11.8 Å². The Hall–Kier alpha value is -0.860. The van der Waals surface area contributed by atoms with Gasteiger partial charge in [-0.15, -0.1) is 0 Å². The van der Waals surface area contributed by atoms with Gasteiger partial charge in [0.25, 0.3) is 0 Å². The maximum Gasteiger partial charge on any atom is 0.309 e. The molecular formula is C14H26O3. The fourth-order valence-electron chi connectivity index (χ4n) is 2.37. The zero-order valence-corrected chi connectivity index (χ0v) is 11.9. The molecule has 17 heavy (non-hydrogen) atoms. The summed E-state index contributed by atoms with van der Waals surface area (Å²) in [5.74, 6) is -0.326. The zero-order valence-electron chi connectivity index (χ0n) is 11.9. The lowest BCUT2D eigenvalue weighted by Gasteiger charge is -2.29. The van der Waals surface area contributed by atoms with E-state index in [0.29, 0.717) is 6.42 Å². The summed E-state index contributed by atoms with van der Waals surface area (Å²) in [7, 11) is 1.39. The number of carbonyl (C=O) groups is 2. The predicted molar refractivity (Wildman–Crippen MR) is 68.6 cm³/mol. The molecule has 0 saturated heterocycles. The first-order chi connectivity index (χ1) is 7.86. The fraction of sp³-hybridized carbons (Fsp3) is 0.857. The van der Waals surface area contributed by atoms with Crippen molar-refractivity contribution in [1.29, 1.82) is 0 Å². The van der Waals surface area contributed by atoms with Gasteiger partial charge in [-0.2, -0.15) is 0 Å². The Balaban J connectivity index is 5.10. The molecule has 0 N–H and O–H groups in total. The standard InChI is InChI=1S/C14H26O3/c1-7-8-11(15)12(9(2)3)13(10(4)5)14(16)17-6/h9-10,12-13H,7-8H2,1-6H3. The van der Waals surface area contributed by atoms with E-state index in [2.05, 4.69) is 0 Å². The van der Waals surface area contributed by atoms with Gasteiger partial charge < -0.3 is 4.74 Å². The van der Waals surface area contributed by atoms with Crippen molar-refractivity contribution in [2.24, 2.45) is 23.7 Å². The van der Waals surface area contributed by atoms with Crippen LogP contribution in [0.1, 0.15) is 47.5 Å². The van der Waals surface area contributed by atoms with E-state index in [4.69, 9.17) is 4.74 Å². The van der Waals surface area contributed by atoms with E-state index < -0.39 is 0 Å². The molecule has 3 nitrogen and oxygen atoms in total. The molecule has 0 aromatic carbocycles. The number of Topliss-reactive ketones (excluding diaryl/α,β-unsaturated/α-hetero) is 1. The lowest BCUT2D eigenvalue weighted by Crippen LogP contribution is -2.37. The molecular weight excluding hydrogens is 216 g/mol. The Morgan fingerprint density at radius 2 is 1.47 bits per heavy atom. The van der Waals surface area contributed by atoms with Crippen LogP contribution in [0.25, 0.3) is 0 Å². The van der Waals surface area contributed by atoms with Crippen LogP contribution in [0.2, 0.25) is 0 Å². The lowest BCUT2D eigenvalue weighted by molar-refractivity contribution is -0.153. The van der Waals surface area contributed by atoms with Gasteiger partial charge in [-0.05, 0) is 18.3 Å². The second-order valence-corrected chi connectivity index (χ2v) is 5.28. The molecule has 2 unspecified atom stereocenters. The van der Waals surface area contributed by atoms with Gasteiger partial charge in [0.15, 0.2) is 0 Å². The lowest BCUT2D eigenvalue weighted by atomic mass is 9.74. The summed E-state index contributed by atoms with van der Waals surface area (Å²) in [5, 5.41) is 0. The molecule has 0 saturated carbocycles. The van der Waals surface area contributed by atoms with Crippen LogP contribution in [0.5, 0.6) is 0 Å². The van der Waals surface area contributed by atoms with Crippen molar-refractivity contribution < 1.29 is 14.3 Å². The largest absolute Gasteiger partial charge is 0.469 e. The molecule has 0 fully saturated rings. The van der Waals surface area contributed by atoms with E-state index in [1.165, 1.54) is 7.11 Å². The predicted octanol–water partition coefficient (Wildman–Crippen LogP) is 3.07. The second kappa shape index (κ2) is 7.46. The molecule has 0 aliphatic rings. The first-order valence-corrected chi connectivity index (χ1v) is 6.47. The van der Waals surface area contributed by atoms with Gasteiger partial charge in [-0.3, -0.25) is 9.59 Å². The van der Waals surface area contributed by atoms with Crippen molar-refractivity contribution in [3.8, 4) is 0 Å². The van der Waals surface area contributed by atoms with E-state index in [9.17, 15) is 9.59 Å². The van der Waals surface area contributed by atoms with Crippen molar-refractivity contribution in [1.82, 2.24) is 0 Å². The normalized spacial score (nSPS) is 14.8.